The van der Waals surface area contributed by atoms with Crippen molar-refractivity contribution in [3.05, 3.63) is 105 Å². The van der Waals surface area contributed by atoms with Gasteiger partial charge in [0.15, 0.2) is 11.3 Å². The molecule has 2 aliphatic rings. The van der Waals surface area contributed by atoms with Crippen LogP contribution in [0.5, 0.6) is 5.75 Å². The van der Waals surface area contributed by atoms with Crippen LogP contribution in [0.25, 0.3) is 5.70 Å². The fraction of sp³-hybridized carbons (Fsp3) is 0.125. The number of hydrazone groups is 1. The molecule has 170 valence electrons. The maximum atomic E-state index is 13.3. The van der Waals surface area contributed by atoms with Crippen molar-refractivity contribution in [1.82, 2.24) is 10.3 Å². The Labute approximate surface area is 198 Å². The summed E-state index contributed by atoms with van der Waals surface area (Å²) in [6.07, 6.45) is -0.821. The van der Waals surface area contributed by atoms with Gasteiger partial charge in [-0.3, -0.25) is 25.2 Å². The van der Waals surface area contributed by atoms with E-state index in [4.69, 9.17) is 14.8 Å². The number of ether oxygens (including phenoxy) is 1. The largest absolute Gasteiger partial charge is 0.496 e. The van der Waals surface area contributed by atoms with E-state index >= 15 is 0 Å². The maximum Gasteiger partial charge on any atom is 0.276 e. The molecule has 0 aliphatic carbocycles. The summed E-state index contributed by atoms with van der Waals surface area (Å²) in [7, 11) is 1.49. The van der Waals surface area contributed by atoms with Crippen LogP contribution in [0.2, 0.25) is 0 Å². The molecular weight excluding hydrogens is 454 g/mol. The summed E-state index contributed by atoms with van der Waals surface area (Å²) < 4.78 is 5.49. The quantitative estimate of drug-likeness (QED) is 0.451. The summed E-state index contributed by atoms with van der Waals surface area (Å²) in [5.41, 5.74) is 1.75. The number of amidine groups is 1. The van der Waals surface area contributed by atoms with Crippen LogP contribution < -0.4 is 20.6 Å². The summed E-state index contributed by atoms with van der Waals surface area (Å²) in [6.45, 7) is 0. The first kappa shape index (κ1) is 21.7. The lowest BCUT2D eigenvalue weighted by Crippen LogP contribution is -2.50. The highest BCUT2D eigenvalue weighted by atomic mass is 32.2. The minimum atomic E-state index is -0.821. The van der Waals surface area contributed by atoms with Gasteiger partial charge in [0.2, 0.25) is 0 Å². The second kappa shape index (κ2) is 8.99. The van der Waals surface area contributed by atoms with Crippen molar-refractivity contribution in [2.24, 2.45) is 10.1 Å². The molecule has 2 aliphatic heterocycles. The summed E-state index contributed by atoms with van der Waals surface area (Å²) in [6, 6.07) is 21.4. The second-order valence-electron chi connectivity index (χ2n) is 7.53. The average molecular weight is 474 g/mol. The molecule has 9 nitrogen and oxygen atoms in total. The van der Waals surface area contributed by atoms with Crippen molar-refractivity contribution in [1.29, 1.82) is 0 Å². The van der Waals surface area contributed by atoms with E-state index in [0.717, 1.165) is 5.56 Å². The van der Waals surface area contributed by atoms with Gasteiger partial charge in [0.05, 0.1) is 17.4 Å². The molecule has 0 saturated heterocycles. The molecule has 0 bridgehead atoms. The Morgan fingerprint density at radius 3 is 2.65 bits per heavy atom. The Bertz CT molecular complexity index is 1440. The normalized spacial score (nSPS) is 16.6. The Morgan fingerprint density at radius 2 is 1.88 bits per heavy atom. The lowest BCUT2D eigenvalue weighted by molar-refractivity contribution is -0.385. The molecule has 0 spiro atoms. The summed E-state index contributed by atoms with van der Waals surface area (Å²) in [4.78, 5) is 29.0. The molecule has 3 aromatic carbocycles. The molecule has 2 heterocycles. The minimum Gasteiger partial charge on any atom is -0.496 e. The number of amides is 1. The number of nitrogens with one attached hydrogen (secondary N) is 1. The number of carbonyl (C=O) groups excluding carboxylic acids is 1. The third-order valence-corrected chi connectivity index (χ3v) is 6.37. The van der Waals surface area contributed by atoms with Crippen LogP contribution in [0.1, 0.15) is 17.3 Å². The Morgan fingerprint density at radius 1 is 1.12 bits per heavy atom. The smallest absolute Gasteiger partial charge is 0.276 e. The van der Waals surface area contributed by atoms with Gasteiger partial charge in [-0.2, -0.15) is 0 Å². The molecule has 0 unspecified atom stereocenters. The first-order valence-electron chi connectivity index (χ1n) is 10.4. The van der Waals surface area contributed by atoms with Crippen LogP contribution >= 0.6 is 11.8 Å². The van der Waals surface area contributed by atoms with Crippen LogP contribution in [0.4, 0.5) is 5.69 Å². The highest BCUT2D eigenvalue weighted by Gasteiger charge is 2.36. The van der Waals surface area contributed by atoms with Gasteiger partial charge >= 0.3 is 0 Å². The summed E-state index contributed by atoms with van der Waals surface area (Å²) in [5.74, 6) is 0.710. The van der Waals surface area contributed by atoms with Crippen molar-refractivity contribution < 1.29 is 14.5 Å². The summed E-state index contributed by atoms with van der Waals surface area (Å²) >= 11 is 1.39. The average Bonchev–Trinajstić information content (AvgIpc) is 2.87. The molecule has 10 heteroatoms. The van der Waals surface area contributed by atoms with Gasteiger partial charge < -0.3 is 4.74 Å². The van der Waals surface area contributed by atoms with E-state index in [1.54, 1.807) is 12.1 Å². The number of benzene rings is 3. The second-order valence-corrected chi connectivity index (χ2v) is 8.49. The van der Waals surface area contributed by atoms with Crippen molar-refractivity contribution in [3.8, 4) is 5.75 Å². The van der Waals surface area contributed by atoms with Gasteiger partial charge in [0.25, 0.3) is 11.6 Å². The van der Waals surface area contributed by atoms with E-state index in [1.165, 1.54) is 42.1 Å². The highest BCUT2D eigenvalue weighted by Crippen LogP contribution is 2.37. The molecule has 1 amide bonds. The fourth-order valence-corrected chi connectivity index (χ4v) is 4.66. The van der Waals surface area contributed by atoms with Crippen molar-refractivity contribution in [3.63, 3.8) is 0 Å². The van der Waals surface area contributed by atoms with Gasteiger partial charge in [-0.15, -0.1) is 5.10 Å². The van der Waals surface area contributed by atoms with E-state index in [2.05, 4.69) is 5.32 Å². The van der Waals surface area contributed by atoms with Gasteiger partial charge in [-0.1, -0.05) is 60.3 Å². The number of non-ortho nitro benzene ring substituents is 1. The zero-order chi connectivity index (χ0) is 23.7. The molecular formula is C24H19N5O4S. The minimum absolute atomic E-state index is 0.101. The number of carbonyl (C=O) groups is 1. The van der Waals surface area contributed by atoms with Crippen molar-refractivity contribution in [2.75, 3.05) is 7.11 Å². The van der Waals surface area contributed by atoms with Gasteiger partial charge in [-0.25, -0.2) is 5.01 Å². The molecule has 1 N–H and O–H groups in total. The zero-order valence-electron chi connectivity index (χ0n) is 18.0. The van der Waals surface area contributed by atoms with E-state index in [0.29, 0.717) is 38.5 Å². The zero-order valence-corrected chi connectivity index (χ0v) is 18.9. The number of thioether (sulfide) groups is 1. The van der Waals surface area contributed by atoms with E-state index in [9.17, 15) is 14.9 Å². The molecule has 0 aromatic heterocycles. The third kappa shape index (κ3) is 3.99. The monoisotopic (exact) mass is 473 g/mol. The number of hydrogen-bond acceptors (Lipinski definition) is 8. The fourth-order valence-electron chi connectivity index (χ4n) is 3.86. The third-order valence-electron chi connectivity index (χ3n) is 5.44. The molecule has 0 fully saturated rings. The van der Waals surface area contributed by atoms with Crippen molar-refractivity contribution in [2.45, 2.75) is 11.9 Å². The van der Waals surface area contributed by atoms with E-state index < -0.39 is 11.1 Å². The molecule has 34 heavy (non-hydrogen) atoms. The number of nitro groups is 1. The van der Waals surface area contributed by atoms with Crippen LogP contribution in [0.15, 0.2) is 82.9 Å². The molecule has 3 aromatic rings. The Hall–Kier alpha value is -4.18. The Balaban J connectivity index is 1.63. The standard InChI is InChI=1S/C24H19N5O4S/c1-33-20-12-11-16(29(31)32)13-18(20)22-25-19-10-6-5-9-17(19)21-23(30)26-24(27-28(21)22)34-14-15-7-3-2-4-8-15/h2-13,22H,14H2,1H3,(H,26,27,30)/t22-/m1/s1. The Kier molecular flexibility index (Phi) is 5.72. The predicted octanol–water partition coefficient (Wildman–Crippen LogP) is 2.68. The number of rotatable bonds is 5. The van der Waals surface area contributed by atoms with E-state index in [-0.39, 0.29) is 11.6 Å². The first-order chi connectivity index (χ1) is 16.5. The number of methoxy groups -OCH3 is 1. The van der Waals surface area contributed by atoms with E-state index in [1.807, 2.05) is 42.5 Å². The van der Waals surface area contributed by atoms with Crippen LogP contribution in [-0.2, 0) is 10.5 Å². The SMILES string of the molecule is COc1ccc([N+](=O)[O-])cc1[C@@H]1N=c2ccccc2=C2C(=O)NC(SCc3ccccc3)=NN21. The number of nitrogens with zero attached hydrogens (tertiary/aromatic N) is 4. The molecule has 5 rings (SSSR count). The lowest BCUT2D eigenvalue weighted by atomic mass is 10.1. The first-order valence-corrected chi connectivity index (χ1v) is 11.4. The predicted molar refractivity (Wildman–Crippen MR) is 128 cm³/mol. The molecule has 1 atom stereocenters. The van der Waals surface area contributed by atoms with Gasteiger partial charge in [-0.05, 0) is 17.7 Å². The van der Waals surface area contributed by atoms with Crippen LogP contribution in [-0.4, -0.2) is 28.1 Å². The van der Waals surface area contributed by atoms with Gasteiger partial charge in [0, 0.05) is 28.7 Å². The topological polar surface area (TPSA) is 109 Å². The molecule has 0 saturated carbocycles. The van der Waals surface area contributed by atoms with Crippen LogP contribution in [0.3, 0.4) is 0 Å². The van der Waals surface area contributed by atoms with Gasteiger partial charge in [0.1, 0.15) is 11.4 Å². The molecule has 0 radical (unpaired) electrons. The maximum absolute atomic E-state index is 13.3. The highest BCUT2D eigenvalue weighted by molar-refractivity contribution is 8.13. The van der Waals surface area contributed by atoms with Crippen molar-refractivity contribution >= 4 is 34.2 Å². The number of fused-ring (bicyclic) bond motifs is 2. The lowest BCUT2D eigenvalue weighted by Gasteiger charge is -2.34. The number of hydrogen-bond donors (Lipinski definition) is 1. The number of nitro benzene ring substituents is 1. The summed E-state index contributed by atoms with van der Waals surface area (Å²) in [5, 5.41) is 22.2. The number of para-hydroxylation sites is 1. The van der Waals surface area contributed by atoms with Crippen LogP contribution in [0, 0.1) is 10.1 Å².